The van der Waals surface area contributed by atoms with Gasteiger partial charge in [0.05, 0.1) is 11.0 Å². The van der Waals surface area contributed by atoms with Crippen molar-refractivity contribution in [1.29, 1.82) is 0 Å². The molecule has 1 aliphatic heterocycles. The highest BCUT2D eigenvalue weighted by Crippen LogP contribution is 2.17. The molecule has 1 aromatic rings. The van der Waals surface area contributed by atoms with Gasteiger partial charge in [-0.25, -0.2) is 13.1 Å². The SMILES string of the molecule is Cc1ccc(S(=O)(=O)NCCCC2CCCCO2)cc1. The maximum absolute atomic E-state index is 12.1. The number of rotatable bonds is 6. The Morgan fingerprint density at radius 2 is 2.00 bits per heavy atom. The zero-order valence-electron chi connectivity index (χ0n) is 12.0. The Hall–Kier alpha value is -0.910. The molecule has 0 bridgehead atoms. The van der Waals surface area contributed by atoms with Gasteiger partial charge in [-0.15, -0.1) is 0 Å². The molecule has 0 amide bonds. The molecular formula is C15H23NO3S. The molecular weight excluding hydrogens is 274 g/mol. The Balaban J connectivity index is 1.76. The van der Waals surface area contributed by atoms with Gasteiger partial charge in [0, 0.05) is 13.2 Å². The van der Waals surface area contributed by atoms with Crippen LogP contribution < -0.4 is 4.72 Å². The molecule has 112 valence electrons. The van der Waals surface area contributed by atoms with Crippen molar-refractivity contribution in [1.82, 2.24) is 4.72 Å². The van der Waals surface area contributed by atoms with Crippen molar-refractivity contribution in [3.8, 4) is 0 Å². The van der Waals surface area contributed by atoms with Crippen LogP contribution in [0.3, 0.4) is 0 Å². The topological polar surface area (TPSA) is 55.4 Å². The monoisotopic (exact) mass is 297 g/mol. The fraction of sp³-hybridized carbons (Fsp3) is 0.600. The second-order valence-electron chi connectivity index (χ2n) is 5.34. The third kappa shape index (κ3) is 4.58. The third-order valence-electron chi connectivity index (χ3n) is 3.60. The predicted molar refractivity (Wildman–Crippen MR) is 79.2 cm³/mol. The lowest BCUT2D eigenvalue weighted by molar-refractivity contribution is 0.0104. The first kappa shape index (κ1) is 15.5. The van der Waals surface area contributed by atoms with Gasteiger partial charge in [0.1, 0.15) is 0 Å². The molecule has 1 aromatic carbocycles. The summed E-state index contributed by atoms with van der Waals surface area (Å²) in [5.41, 5.74) is 1.05. The van der Waals surface area contributed by atoms with E-state index in [0.29, 0.717) is 17.5 Å². The average molecular weight is 297 g/mol. The minimum Gasteiger partial charge on any atom is -0.378 e. The molecule has 1 N–H and O–H groups in total. The van der Waals surface area contributed by atoms with E-state index in [2.05, 4.69) is 4.72 Å². The largest absolute Gasteiger partial charge is 0.378 e. The highest BCUT2D eigenvalue weighted by atomic mass is 32.2. The van der Waals surface area contributed by atoms with Gasteiger partial charge >= 0.3 is 0 Å². The highest BCUT2D eigenvalue weighted by Gasteiger charge is 2.15. The molecule has 1 fully saturated rings. The van der Waals surface area contributed by atoms with Gasteiger partial charge in [-0.05, 0) is 51.2 Å². The Bertz CT molecular complexity index is 504. The van der Waals surface area contributed by atoms with Gasteiger partial charge in [-0.2, -0.15) is 0 Å². The molecule has 0 saturated carbocycles. The molecule has 1 unspecified atom stereocenters. The van der Waals surface area contributed by atoms with Crippen LogP contribution in [-0.2, 0) is 14.8 Å². The van der Waals surface area contributed by atoms with Gasteiger partial charge in [-0.3, -0.25) is 0 Å². The van der Waals surface area contributed by atoms with E-state index >= 15 is 0 Å². The van der Waals surface area contributed by atoms with Crippen LogP contribution in [-0.4, -0.2) is 27.7 Å². The van der Waals surface area contributed by atoms with Crippen molar-refractivity contribution in [3.05, 3.63) is 29.8 Å². The molecule has 0 radical (unpaired) electrons. The van der Waals surface area contributed by atoms with Crippen LogP contribution in [0, 0.1) is 6.92 Å². The second kappa shape index (κ2) is 7.20. The number of nitrogens with one attached hydrogen (secondary N) is 1. The van der Waals surface area contributed by atoms with E-state index in [1.165, 1.54) is 6.42 Å². The molecule has 1 aliphatic rings. The number of hydrogen-bond acceptors (Lipinski definition) is 3. The van der Waals surface area contributed by atoms with E-state index in [4.69, 9.17) is 4.74 Å². The van der Waals surface area contributed by atoms with E-state index in [9.17, 15) is 8.42 Å². The van der Waals surface area contributed by atoms with Crippen molar-refractivity contribution < 1.29 is 13.2 Å². The fourth-order valence-corrected chi connectivity index (χ4v) is 3.45. The summed E-state index contributed by atoms with van der Waals surface area (Å²) in [6.07, 6.45) is 5.53. The van der Waals surface area contributed by atoms with Gasteiger partial charge in [0.25, 0.3) is 0 Å². The van der Waals surface area contributed by atoms with Gasteiger partial charge in [0.15, 0.2) is 0 Å². The number of ether oxygens (including phenoxy) is 1. The summed E-state index contributed by atoms with van der Waals surface area (Å²) in [6.45, 7) is 3.25. The Morgan fingerprint density at radius 3 is 2.65 bits per heavy atom. The van der Waals surface area contributed by atoms with Crippen molar-refractivity contribution in [2.45, 2.75) is 50.0 Å². The zero-order chi connectivity index (χ0) is 14.4. The van der Waals surface area contributed by atoms with Crippen LogP contribution in [0.25, 0.3) is 0 Å². The molecule has 0 aromatic heterocycles. The lowest BCUT2D eigenvalue weighted by atomic mass is 10.1. The van der Waals surface area contributed by atoms with E-state index in [0.717, 1.165) is 37.9 Å². The first-order valence-corrected chi connectivity index (χ1v) is 8.74. The van der Waals surface area contributed by atoms with E-state index in [1.807, 2.05) is 19.1 Å². The van der Waals surface area contributed by atoms with Gasteiger partial charge < -0.3 is 4.74 Å². The normalized spacial score (nSPS) is 19.9. The van der Waals surface area contributed by atoms with Crippen LogP contribution in [0.1, 0.15) is 37.7 Å². The smallest absolute Gasteiger partial charge is 0.240 e. The highest BCUT2D eigenvalue weighted by molar-refractivity contribution is 7.89. The first-order valence-electron chi connectivity index (χ1n) is 7.26. The Kier molecular flexibility index (Phi) is 5.57. The molecule has 4 nitrogen and oxygen atoms in total. The predicted octanol–water partition coefficient (Wildman–Crippen LogP) is 2.62. The van der Waals surface area contributed by atoms with E-state index < -0.39 is 10.0 Å². The third-order valence-corrected chi connectivity index (χ3v) is 5.08. The molecule has 20 heavy (non-hydrogen) atoms. The molecule has 0 spiro atoms. The second-order valence-corrected chi connectivity index (χ2v) is 7.11. The lowest BCUT2D eigenvalue weighted by Gasteiger charge is -2.22. The van der Waals surface area contributed by atoms with Crippen molar-refractivity contribution in [3.63, 3.8) is 0 Å². The minimum atomic E-state index is -3.37. The summed E-state index contributed by atoms with van der Waals surface area (Å²) in [5, 5.41) is 0. The summed E-state index contributed by atoms with van der Waals surface area (Å²) in [4.78, 5) is 0.331. The molecule has 5 heteroatoms. The molecule has 0 aliphatic carbocycles. The Labute approximate surface area is 121 Å². The Morgan fingerprint density at radius 1 is 1.25 bits per heavy atom. The number of hydrogen-bond donors (Lipinski definition) is 1. The number of sulfonamides is 1. The zero-order valence-corrected chi connectivity index (χ0v) is 12.8. The standard InChI is InChI=1S/C15H23NO3S/c1-13-7-9-15(10-8-13)20(17,18)16-11-4-6-14-5-2-3-12-19-14/h7-10,14,16H,2-6,11-12H2,1H3. The number of aryl methyl sites for hydroxylation is 1. The summed E-state index contributed by atoms with van der Waals surface area (Å²) < 4.78 is 32.4. The first-order chi connectivity index (χ1) is 9.58. The van der Waals surface area contributed by atoms with Crippen LogP contribution in [0.4, 0.5) is 0 Å². The number of benzene rings is 1. The maximum Gasteiger partial charge on any atom is 0.240 e. The van der Waals surface area contributed by atoms with Crippen LogP contribution >= 0.6 is 0 Å². The lowest BCUT2D eigenvalue weighted by Crippen LogP contribution is -2.26. The van der Waals surface area contributed by atoms with Crippen molar-refractivity contribution in [2.75, 3.05) is 13.2 Å². The quantitative estimate of drug-likeness (QED) is 0.821. The van der Waals surface area contributed by atoms with Gasteiger partial charge in [-0.1, -0.05) is 17.7 Å². The summed E-state index contributed by atoms with van der Waals surface area (Å²) in [5.74, 6) is 0. The molecule has 1 heterocycles. The van der Waals surface area contributed by atoms with Crippen LogP contribution in [0.5, 0.6) is 0 Å². The maximum atomic E-state index is 12.1. The summed E-state index contributed by atoms with van der Waals surface area (Å²) >= 11 is 0. The molecule has 1 atom stereocenters. The van der Waals surface area contributed by atoms with Crippen molar-refractivity contribution >= 4 is 10.0 Å². The summed E-state index contributed by atoms with van der Waals surface area (Å²) in [6, 6.07) is 6.90. The summed E-state index contributed by atoms with van der Waals surface area (Å²) in [7, 11) is -3.37. The van der Waals surface area contributed by atoms with E-state index in [-0.39, 0.29) is 0 Å². The van der Waals surface area contributed by atoms with Crippen LogP contribution in [0.15, 0.2) is 29.2 Å². The fourth-order valence-electron chi connectivity index (χ4n) is 2.37. The van der Waals surface area contributed by atoms with Gasteiger partial charge in [0.2, 0.25) is 10.0 Å². The molecule has 1 saturated heterocycles. The minimum absolute atomic E-state index is 0.313. The molecule has 2 rings (SSSR count). The average Bonchev–Trinajstić information content (AvgIpc) is 2.45. The van der Waals surface area contributed by atoms with Crippen LogP contribution in [0.2, 0.25) is 0 Å². The van der Waals surface area contributed by atoms with E-state index in [1.54, 1.807) is 12.1 Å². The van der Waals surface area contributed by atoms with Crippen molar-refractivity contribution in [2.24, 2.45) is 0 Å².